The fraction of sp³-hybridized carbons (Fsp3) is 0.481. The van der Waals surface area contributed by atoms with Crippen LogP contribution in [0.5, 0.6) is 11.5 Å². The van der Waals surface area contributed by atoms with E-state index < -0.39 is 0 Å². The summed E-state index contributed by atoms with van der Waals surface area (Å²) in [5.41, 5.74) is 3.00. The summed E-state index contributed by atoms with van der Waals surface area (Å²) in [6.45, 7) is 4.98. The summed E-state index contributed by atoms with van der Waals surface area (Å²) in [6.07, 6.45) is 0.633. The van der Waals surface area contributed by atoms with E-state index in [0.717, 1.165) is 41.5 Å². The molecule has 0 aromatic heterocycles. The third-order valence-corrected chi connectivity index (χ3v) is 7.43. The highest BCUT2D eigenvalue weighted by Crippen LogP contribution is 2.38. The number of fused-ring (bicyclic) bond motifs is 3. The second kappa shape index (κ2) is 10.8. The van der Waals surface area contributed by atoms with Gasteiger partial charge in [-0.15, -0.1) is 0 Å². The van der Waals surface area contributed by atoms with Crippen LogP contribution >= 0.6 is 0 Å². The maximum absolute atomic E-state index is 13.6. The minimum atomic E-state index is -0.255. The summed E-state index contributed by atoms with van der Waals surface area (Å²) in [7, 11) is 3.29. The Morgan fingerprint density at radius 3 is 2.42 bits per heavy atom. The van der Waals surface area contributed by atoms with Crippen LogP contribution in [0.3, 0.4) is 0 Å². The predicted octanol–water partition coefficient (Wildman–Crippen LogP) is 1.86. The molecule has 0 spiro atoms. The number of benzene rings is 2. The van der Waals surface area contributed by atoms with Crippen molar-refractivity contribution < 1.29 is 23.8 Å². The molecule has 3 heterocycles. The van der Waals surface area contributed by atoms with Crippen LogP contribution in [0.15, 0.2) is 42.5 Å². The fourth-order valence-electron chi connectivity index (χ4n) is 5.42. The molecule has 0 saturated carbocycles. The number of rotatable bonds is 6. The molecular formula is C27H34N4O5. The van der Waals surface area contributed by atoms with Crippen LogP contribution < -0.4 is 19.7 Å². The Bertz CT molecular complexity index is 1090. The van der Waals surface area contributed by atoms with E-state index >= 15 is 0 Å². The van der Waals surface area contributed by atoms with Gasteiger partial charge in [-0.1, -0.05) is 6.07 Å². The average Bonchev–Trinajstić information content (AvgIpc) is 2.93. The zero-order valence-electron chi connectivity index (χ0n) is 20.9. The van der Waals surface area contributed by atoms with Crippen molar-refractivity contribution in [1.29, 1.82) is 0 Å². The zero-order chi connectivity index (χ0) is 25.1. The van der Waals surface area contributed by atoms with Crippen molar-refractivity contribution in [1.82, 2.24) is 9.80 Å². The molecule has 9 nitrogen and oxygen atoms in total. The lowest BCUT2D eigenvalue weighted by Crippen LogP contribution is -2.61. The van der Waals surface area contributed by atoms with E-state index in [1.165, 1.54) is 0 Å². The molecule has 2 aromatic rings. The number of anilines is 2. The molecule has 9 heteroatoms. The number of methoxy groups -OCH3 is 2. The van der Waals surface area contributed by atoms with Gasteiger partial charge in [0.25, 0.3) is 0 Å². The monoisotopic (exact) mass is 494 g/mol. The first-order chi connectivity index (χ1) is 17.6. The van der Waals surface area contributed by atoms with Gasteiger partial charge < -0.3 is 29.3 Å². The molecule has 3 aliphatic heterocycles. The number of ether oxygens (including phenoxy) is 3. The highest BCUT2D eigenvalue weighted by Gasteiger charge is 2.42. The van der Waals surface area contributed by atoms with Crippen molar-refractivity contribution in [3.05, 3.63) is 48.0 Å². The van der Waals surface area contributed by atoms with Crippen LogP contribution in [0.2, 0.25) is 0 Å². The second-order valence-electron chi connectivity index (χ2n) is 9.51. The normalized spacial score (nSPS) is 21.8. The van der Waals surface area contributed by atoms with Crippen molar-refractivity contribution in [2.75, 3.05) is 76.9 Å². The van der Waals surface area contributed by atoms with Gasteiger partial charge in [0.1, 0.15) is 11.5 Å². The summed E-state index contributed by atoms with van der Waals surface area (Å²) >= 11 is 0. The van der Waals surface area contributed by atoms with Gasteiger partial charge in [0, 0.05) is 50.2 Å². The summed E-state index contributed by atoms with van der Waals surface area (Å²) in [5.74, 6) is 1.40. The smallest absolute Gasteiger partial charge is 0.236 e. The molecule has 0 unspecified atom stereocenters. The number of carbonyl (C=O) groups excluding carboxylic acids is 2. The largest absolute Gasteiger partial charge is 0.497 e. The first-order valence-corrected chi connectivity index (χ1v) is 12.5. The number of nitrogens with zero attached hydrogens (tertiary/aromatic N) is 3. The lowest BCUT2D eigenvalue weighted by atomic mass is 9.83. The first-order valence-electron chi connectivity index (χ1n) is 12.5. The Morgan fingerprint density at radius 1 is 0.972 bits per heavy atom. The molecule has 2 aromatic carbocycles. The maximum Gasteiger partial charge on any atom is 0.236 e. The van der Waals surface area contributed by atoms with E-state index in [1.807, 2.05) is 35.2 Å². The summed E-state index contributed by atoms with van der Waals surface area (Å²) in [6, 6.07) is 13.4. The van der Waals surface area contributed by atoms with Crippen molar-refractivity contribution in [2.24, 2.45) is 5.92 Å². The van der Waals surface area contributed by atoms with Crippen molar-refractivity contribution in [3.8, 4) is 11.5 Å². The molecular weight excluding hydrogens is 460 g/mol. The minimum absolute atomic E-state index is 0.0157. The van der Waals surface area contributed by atoms with Crippen molar-refractivity contribution in [3.63, 3.8) is 0 Å². The van der Waals surface area contributed by atoms with E-state index in [1.54, 1.807) is 14.2 Å². The number of nitrogens with one attached hydrogen (secondary N) is 1. The van der Waals surface area contributed by atoms with Crippen LogP contribution in [0, 0.1) is 5.92 Å². The standard InChI is InChI=1S/C27H34N4O5/c1-34-21-7-4-20(5-8-21)28-27(33)23-15-19-3-6-22(35-2)16-24(19)31-10-9-29(17-25(23)31)18-26(32)30-11-13-36-14-12-30/h3-8,16,23,25H,9-15,17-18H2,1-2H3,(H,28,33)/t23-,25+/m1/s1. The average molecular weight is 495 g/mol. The van der Waals surface area contributed by atoms with Crippen LogP contribution in [0.1, 0.15) is 5.56 Å². The van der Waals surface area contributed by atoms with E-state index in [2.05, 4.69) is 27.2 Å². The Morgan fingerprint density at radius 2 is 1.69 bits per heavy atom. The Balaban J connectivity index is 1.36. The highest BCUT2D eigenvalue weighted by molar-refractivity contribution is 5.94. The number of hydrogen-bond acceptors (Lipinski definition) is 7. The number of amides is 2. The van der Waals surface area contributed by atoms with Crippen LogP contribution in [-0.2, 0) is 20.7 Å². The lowest BCUT2D eigenvalue weighted by Gasteiger charge is -2.49. The third kappa shape index (κ3) is 5.12. The molecule has 3 aliphatic rings. The molecule has 2 saturated heterocycles. The van der Waals surface area contributed by atoms with E-state index in [0.29, 0.717) is 45.8 Å². The second-order valence-corrected chi connectivity index (χ2v) is 9.51. The molecule has 2 fully saturated rings. The SMILES string of the molecule is COc1ccc(NC(=O)[C@@H]2Cc3ccc(OC)cc3N3CCN(CC(=O)N4CCOCC4)C[C@@H]23)cc1. The molecule has 2 amide bonds. The first kappa shape index (κ1) is 24.4. The fourth-order valence-corrected chi connectivity index (χ4v) is 5.42. The molecule has 0 radical (unpaired) electrons. The Hall–Kier alpha value is -3.30. The zero-order valence-corrected chi connectivity index (χ0v) is 20.9. The Kier molecular flexibility index (Phi) is 7.29. The third-order valence-electron chi connectivity index (χ3n) is 7.43. The molecule has 0 aliphatic carbocycles. The topological polar surface area (TPSA) is 83.6 Å². The van der Waals surface area contributed by atoms with Gasteiger partial charge in [0.15, 0.2) is 0 Å². The van der Waals surface area contributed by atoms with Gasteiger partial charge in [-0.05, 0) is 42.3 Å². The number of hydrogen-bond donors (Lipinski definition) is 1. The van der Waals surface area contributed by atoms with Crippen molar-refractivity contribution in [2.45, 2.75) is 12.5 Å². The Labute approximate surface area is 211 Å². The predicted molar refractivity (Wildman–Crippen MR) is 137 cm³/mol. The molecule has 2 atom stereocenters. The summed E-state index contributed by atoms with van der Waals surface area (Å²) in [4.78, 5) is 32.9. The molecule has 192 valence electrons. The quantitative estimate of drug-likeness (QED) is 0.656. The van der Waals surface area contributed by atoms with Crippen LogP contribution in [0.25, 0.3) is 0 Å². The molecule has 36 heavy (non-hydrogen) atoms. The summed E-state index contributed by atoms with van der Waals surface area (Å²) in [5, 5.41) is 3.10. The van der Waals surface area contributed by atoms with Gasteiger partial charge in [0.2, 0.25) is 11.8 Å². The van der Waals surface area contributed by atoms with Gasteiger partial charge in [0.05, 0.1) is 45.9 Å². The lowest BCUT2D eigenvalue weighted by molar-refractivity contribution is -0.136. The molecule has 5 rings (SSSR count). The van der Waals surface area contributed by atoms with Gasteiger partial charge in [-0.2, -0.15) is 0 Å². The van der Waals surface area contributed by atoms with Gasteiger partial charge in [-0.25, -0.2) is 0 Å². The highest BCUT2D eigenvalue weighted by atomic mass is 16.5. The van der Waals surface area contributed by atoms with E-state index in [-0.39, 0.29) is 23.8 Å². The molecule has 0 bridgehead atoms. The molecule has 1 N–H and O–H groups in total. The van der Waals surface area contributed by atoms with E-state index in [4.69, 9.17) is 14.2 Å². The number of morpholine rings is 1. The van der Waals surface area contributed by atoms with Crippen LogP contribution in [0.4, 0.5) is 11.4 Å². The summed E-state index contributed by atoms with van der Waals surface area (Å²) < 4.78 is 16.1. The van der Waals surface area contributed by atoms with Crippen LogP contribution in [-0.4, -0.2) is 94.4 Å². The number of piperazine rings is 1. The van der Waals surface area contributed by atoms with Gasteiger partial charge >= 0.3 is 0 Å². The maximum atomic E-state index is 13.6. The number of carbonyl (C=O) groups is 2. The minimum Gasteiger partial charge on any atom is -0.497 e. The van der Waals surface area contributed by atoms with E-state index in [9.17, 15) is 9.59 Å². The van der Waals surface area contributed by atoms with Crippen molar-refractivity contribution >= 4 is 23.2 Å². The van der Waals surface area contributed by atoms with Gasteiger partial charge in [-0.3, -0.25) is 14.5 Å².